The molecule has 0 bridgehead atoms. The van der Waals surface area contributed by atoms with Gasteiger partial charge in [-0.15, -0.1) is 0 Å². The lowest BCUT2D eigenvalue weighted by molar-refractivity contribution is -0.130. The number of hydrogen-bond acceptors (Lipinski definition) is 9. The van der Waals surface area contributed by atoms with Gasteiger partial charge in [-0.05, 0) is 31.2 Å². The maximum atomic E-state index is 12.3. The predicted octanol–water partition coefficient (Wildman–Crippen LogP) is -2.79. The lowest BCUT2D eigenvalue weighted by Crippen LogP contribution is -2.53. The van der Waals surface area contributed by atoms with Gasteiger partial charge in [0.05, 0.1) is 31.2 Å². The van der Waals surface area contributed by atoms with Crippen molar-refractivity contribution >= 4 is 29.4 Å². The molecule has 38 heavy (non-hydrogen) atoms. The van der Waals surface area contributed by atoms with E-state index in [-0.39, 0.29) is 31.7 Å². The summed E-state index contributed by atoms with van der Waals surface area (Å²) in [7, 11) is 0. The van der Waals surface area contributed by atoms with Gasteiger partial charge in [-0.3, -0.25) is 24.0 Å². The number of hydrogen-bond donors (Lipinski definition) is 8. The maximum Gasteiger partial charge on any atom is 0.244 e. The number of nitrogens with two attached hydrogens (primary N) is 3. The molecular formula is C25H40N6O7. The zero-order valence-corrected chi connectivity index (χ0v) is 21.4. The number of nitrogens with one attached hydrogen (secondary N) is 3. The summed E-state index contributed by atoms with van der Waals surface area (Å²) in [6.45, 7) is -0.532. The first-order valence-corrected chi connectivity index (χ1v) is 12.5. The topological polar surface area (TPSA) is 240 Å². The van der Waals surface area contributed by atoms with Gasteiger partial charge < -0.3 is 43.4 Å². The lowest BCUT2D eigenvalue weighted by atomic mass is 9.96. The fraction of sp³-hybridized carbons (Fsp3) is 0.560. The Labute approximate surface area is 221 Å². The Kier molecular flexibility index (Phi) is 15.4. The van der Waals surface area contributed by atoms with Crippen LogP contribution in [-0.2, 0) is 30.4 Å². The average Bonchev–Trinajstić information content (AvgIpc) is 2.90. The third-order valence-corrected chi connectivity index (χ3v) is 5.84. The number of benzene rings is 1. The van der Waals surface area contributed by atoms with Crippen molar-refractivity contribution < 1.29 is 34.2 Å². The Hall–Kier alpha value is -3.39. The highest BCUT2D eigenvalue weighted by Crippen LogP contribution is 2.07. The first kappa shape index (κ1) is 32.6. The smallest absolute Gasteiger partial charge is 0.244 e. The van der Waals surface area contributed by atoms with Crippen LogP contribution >= 0.6 is 0 Å². The molecule has 0 aliphatic rings. The van der Waals surface area contributed by atoms with Gasteiger partial charge in [-0.1, -0.05) is 30.3 Å². The quantitative estimate of drug-likeness (QED) is 0.0851. The molecule has 1 aromatic rings. The van der Waals surface area contributed by atoms with Crippen LogP contribution in [0, 0.1) is 5.92 Å². The molecule has 0 radical (unpaired) electrons. The molecule has 0 heterocycles. The molecule has 1 aromatic carbocycles. The molecule has 212 valence electrons. The molecule has 0 aliphatic carbocycles. The third-order valence-electron chi connectivity index (χ3n) is 5.84. The molecule has 11 N–H and O–H groups in total. The minimum atomic E-state index is -1.13. The van der Waals surface area contributed by atoms with Crippen molar-refractivity contribution in [2.75, 3.05) is 26.3 Å². The van der Waals surface area contributed by atoms with Crippen LogP contribution in [0.15, 0.2) is 30.3 Å². The first-order valence-electron chi connectivity index (χ1n) is 12.5. The normalized spacial score (nSPS) is 14.0. The van der Waals surface area contributed by atoms with Gasteiger partial charge >= 0.3 is 0 Å². The largest absolute Gasteiger partial charge is 0.396 e. The highest BCUT2D eigenvalue weighted by molar-refractivity contribution is 5.90. The van der Waals surface area contributed by atoms with Crippen LogP contribution in [-0.4, -0.2) is 84.1 Å². The van der Waals surface area contributed by atoms with E-state index in [0.29, 0.717) is 25.8 Å². The van der Waals surface area contributed by atoms with Gasteiger partial charge in [0.25, 0.3) is 0 Å². The van der Waals surface area contributed by atoms with Crippen LogP contribution in [0.5, 0.6) is 0 Å². The van der Waals surface area contributed by atoms with E-state index in [0.717, 1.165) is 5.56 Å². The number of carbonyl (C=O) groups is 5. The fourth-order valence-electron chi connectivity index (χ4n) is 3.43. The van der Waals surface area contributed by atoms with Crippen LogP contribution < -0.4 is 33.2 Å². The molecule has 1 rings (SSSR count). The van der Waals surface area contributed by atoms with Crippen LogP contribution in [0.25, 0.3) is 0 Å². The van der Waals surface area contributed by atoms with Crippen LogP contribution in [0.3, 0.4) is 0 Å². The summed E-state index contributed by atoms with van der Waals surface area (Å²) in [4.78, 5) is 59.6. The molecule has 0 saturated carbocycles. The van der Waals surface area contributed by atoms with E-state index in [4.69, 9.17) is 22.3 Å². The van der Waals surface area contributed by atoms with Crippen molar-refractivity contribution in [3.05, 3.63) is 35.9 Å². The number of aliphatic hydroxyl groups is 2. The van der Waals surface area contributed by atoms with E-state index in [1.165, 1.54) is 0 Å². The van der Waals surface area contributed by atoms with Crippen LogP contribution in [0.1, 0.15) is 37.7 Å². The van der Waals surface area contributed by atoms with E-state index in [1.54, 1.807) is 0 Å². The maximum absolute atomic E-state index is 12.3. The number of unbranched alkanes of at least 4 members (excludes halogenated alkanes) is 1. The predicted molar refractivity (Wildman–Crippen MR) is 139 cm³/mol. The number of carbonyl (C=O) groups excluding carboxylic acids is 5. The Morgan fingerprint density at radius 2 is 1.47 bits per heavy atom. The first-order chi connectivity index (χ1) is 18.1. The van der Waals surface area contributed by atoms with Crippen molar-refractivity contribution in [1.29, 1.82) is 0 Å². The molecule has 13 nitrogen and oxygen atoms in total. The van der Waals surface area contributed by atoms with Crippen molar-refractivity contribution in [1.82, 2.24) is 16.0 Å². The standard InChI is InChI=1S/C25H40N6O7/c26-18(21(34)13-17(14-32)23(28)36)8-9-22(35)29-10-4-5-11-30-25(38)20(15-33)31-24(37)19(27)12-16-6-2-1-3-7-16/h1-3,6-7,17-20,32-33H,4-5,8-15,26-27H2,(H2,28,36)(H,29,35)(H,30,38)(H,31,37). The van der Waals surface area contributed by atoms with Crippen molar-refractivity contribution in [3.8, 4) is 0 Å². The highest BCUT2D eigenvalue weighted by atomic mass is 16.3. The van der Waals surface area contributed by atoms with Gasteiger partial charge in [-0.2, -0.15) is 0 Å². The van der Waals surface area contributed by atoms with Crippen LogP contribution in [0.2, 0.25) is 0 Å². The molecule has 0 fully saturated rings. The number of amides is 4. The summed E-state index contributed by atoms with van der Waals surface area (Å²) in [5, 5.41) is 26.3. The Bertz CT molecular complexity index is 915. The Morgan fingerprint density at radius 1 is 0.842 bits per heavy atom. The van der Waals surface area contributed by atoms with Crippen molar-refractivity contribution in [2.45, 2.75) is 56.7 Å². The minimum Gasteiger partial charge on any atom is -0.396 e. The summed E-state index contributed by atoms with van der Waals surface area (Å²) in [5.41, 5.74) is 17.6. The molecule has 4 unspecified atom stereocenters. The molecule has 13 heteroatoms. The van der Waals surface area contributed by atoms with E-state index in [2.05, 4.69) is 16.0 Å². The van der Waals surface area contributed by atoms with Gasteiger partial charge in [0.1, 0.15) is 11.8 Å². The van der Waals surface area contributed by atoms with Crippen molar-refractivity contribution in [3.63, 3.8) is 0 Å². The lowest BCUT2D eigenvalue weighted by Gasteiger charge is -2.19. The number of aliphatic hydroxyl groups excluding tert-OH is 2. The van der Waals surface area contributed by atoms with E-state index in [9.17, 15) is 29.1 Å². The summed E-state index contributed by atoms with van der Waals surface area (Å²) >= 11 is 0. The van der Waals surface area contributed by atoms with Crippen LogP contribution in [0.4, 0.5) is 0 Å². The van der Waals surface area contributed by atoms with Gasteiger partial charge in [0.15, 0.2) is 0 Å². The zero-order chi connectivity index (χ0) is 28.5. The second kappa shape index (κ2) is 18.0. The Morgan fingerprint density at radius 3 is 2.05 bits per heavy atom. The van der Waals surface area contributed by atoms with Gasteiger partial charge in [0, 0.05) is 25.9 Å². The van der Waals surface area contributed by atoms with E-state index >= 15 is 0 Å². The average molecular weight is 537 g/mol. The SMILES string of the molecule is NC(=O)C(CO)CC(=O)C(N)CCC(=O)NCCCCNC(=O)C(CO)NC(=O)C(N)Cc1ccccc1. The summed E-state index contributed by atoms with van der Waals surface area (Å²) in [6.07, 6.45) is 1.18. The molecule has 4 amide bonds. The zero-order valence-electron chi connectivity index (χ0n) is 21.4. The van der Waals surface area contributed by atoms with Gasteiger partial charge in [0.2, 0.25) is 23.6 Å². The molecular weight excluding hydrogens is 496 g/mol. The third kappa shape index (κ3) is 12.7. The second-order valence-electron chi connectivity index (χ2n) is 8.99. The van der Waals surface area contributed by atoms with E-state index < -0.39 is 60.8 Å². The molecule has 0 aromatic heterocycles. The molecule has 0 aliphatic heterocycles. The monoisotopic (exact) mass is 536 g/mol. The molecule has 0 saturated heterocycles. The van der Waals surface area contributed by atoms with E-state index in [1.807, 2.05) is 30.3 Å². The number of rotatable bonds is 19. The molecule has 4 atom stereocenters. The summed E-state index contributed by atoms with van der Waals surface area (Å²) in [6, 6.07) is 6.24. The van der Waals surface area contributed by atoms with Crippen molar-refractivity contribution in [2.24, 2.45) is 23.1 Å². The summed E-state index contributed by atoms with van der Waals surface area (Å²) < 4.78 is 0. The number of primary amides is 1. The second-order valence-corrected chi connectivity index (χ2v) is 8.99. The van der Waals surface area contributed by atoms with Gasteiger partial charge in [-0.25, -0.2) is 0 Å². The number of ketones is 1. The minimum absolute atomic E-state index is 0.00823. The number of Topliss-reactive ketones (excluding diaryl/α,β-unsaturated/α-hetero) is 1. The summed E-state index contributed by atoms with van der Waals surface area (Å²) in [5.74, 6) is -3.64. The highest BCUT2D eigenvalue weighted by Gasteiger charge is 2.24. The Balaban J connectivity index is 2.23. The fourth-order valence-corrected chi connectivity index (χ4v) is 3.43. The molecule has 0 spiro atoms.